The number of carbonyl (C=O) groups is 4. The Hall–Kier alpha value is -3.54. The van der Waals surface area contributed by atoms with E-state index in [4.69, 9.17) is 0 Å². The van der Waals surface area contributed by atoms with Gasteiger partial charge in [-0.1, -0.05) is 42.5 Å². The Morgan fingerprint density at radius 1 is 0.879 bits per heavy atom. The normalized spacial score (nSPS) is 30.8. The second-order valence-corrected chi connectivity index (χ2v) is 9.61. The van der Waals surface area contributed by atoms with Gasteiger partial charge in [-0.25, -0.2) is 0 Å². The lowest BCUT2D eigenvalue weighted by molar-refractivity contribution is -0.140. The minimum absolute atomic E-state index is 0.120. The van der Waals surface area contributed by atoms with Crippen molar-refractivity contribution in [1.82, 2.24) is 4.90 Å². The summed E-state index contributed by atoms with van der Waals surface area (Å²) in [6.45, 7) is 1.31. The Labute approximate surface area is 191 Å². The van der Waals surface area contributed by atoms with Gasteiger partial charge >= 0.3 is 0 Å². The second kappa shape index (κ2) is 7.24. The minimum atomic E-state index is -0.323. The van der Waals surface area contributed by atoms with Crippen LogP contribution in [0.4, 0.5) is 5.69 Å². The van der Waals surface area contributed by atoms with Gasteiger partial charge < -0.3 is 0 Å². The van der Waals surface area contributed by atoms with E-state index in [1.165, 1.54) is 16.7 Å². The number of imide groups is 1. The molecule has 0 radical (unpaired) electrons. The van der Waals surface area contributed by atoms with E-state index in [-0.39, 0.29) is 53.8 Å². The maximum atomic E-state index is 13.5. The summed E-state index contributed by atoms with van der Waals surface area (Å²) in [7, 11) is 0. The SMILES string of the molecule is CC(=O)c1cccc(N(CN2C(=O)[C@@H]3[C@H]4C=C[C@H]([C@H]5C[C@H]45)[C@@H]3C2=O)C(=O)c2ccccc2)c1. The number of ketones is 1. The molecule has 0 N–H and O–H groups in total. The van der Waals surface area contributed by atoms with Crippen molar-refractivity contribution in [3.63, 3.8) is 0 Å². The molecule has 6 heteroatoms. The summed E-state index contributed by atoms with van der Waals surface area (Å²) in [5.41, 5.74) is 1.40. The first-order chi connectivity index (χ1) is 16.0. The minimum Gasteiger partial charge on any atom is -0.295 e. The summed E-state index contributed by atoms with van der Waals surface area (Å²) in [6.07, 6.45) is 5.38. The molecule has 1 saturated heterocycles. The Kier molecular flexibility index (Phi) is 4.41. The first-order valence-electron chi connectivity index (χ1n) is 11.5. The third-order valence-corrected chi connectivity index (χ3v) is 7.87. The van der Waals surface area contributed by atoms with Crippen LogP contribution in [-0.2, 0) is 9.59 Å². The zero-order valence-corrected chi connectivity index (χ0v) is 18.3. The van der Waals surface area contributed by atoms with Crippen molar-refractivity contribution in [1.29, 1.82) is 0 Å². The number of Topliss-reactive ketones (excluding diaryl/α,β-unsaturated/α-hetero) is 1. The summed E-state index contributed by atoms with van der Waals surface area (Å²) < 4.78 is 0. The highest BCUT2D eigenvalue weighted by molar-refractivity contribution is 6.10. The number of carbonyl (C=O) groups excluding carboxylic acids is 4. The fourth-order valence-corrected chi connectivity index (χ4v) is 6.19. The predicted molar refractivity (Wildman–Crippen MR) is 121 cm³/mol. The number of anilines is 1. The summed E-state index contributed by atoms with van der Waals surface area (Å²) >= 11 is 0. The van der Waals surface area contributed by atoms with Gasteiger partial charge in [-0.3, -0.25) is 29.0 Å². The standard InChI is InChI=1S/C27H24N2O4/c1-15(30)17-8-5-9-18(12-17)28(25(31)16-6-3-2-4-7-16)14-29-26(32)23-19-10-11-20(22-13-21(19)22)24(23)27(29)33/h2-12,19-24H,13-14H2,1H3/t19-,20+,21-,22-,23+,24-/m1/s1. The van der Waals surface area contributed by atoms with E-state index in [1.54, 1.807) is 48.5 Å². The van der Waals surface area contributed by atoms with Gasteiger partial charge in [0.05, 0.1) is 11.8 Å². The molecule has 33 heavy (non-hydrogen) atoms. The highest BCUT2D eigenvalue weighted by Crippen LogP contribution is 2.65. The molecule has 3 fully saturated rings. The lowest BCUT2D eigenvalue weighted by Gasteiger charge is -2.37. The van der Waals surface area contributed by atoms with Gasteiger partial charge in [0.25, 0.3) is 5.91 Å². The van der Waals surface area contributed by atoms with Gasteiger partial charge in [-0.2, -0.15) is 0 Å². The van der Waals surface area contributed by atoms with Crippen LogP contribution in [0.15, 0.2) is 66.7 Å². The van der Waals surface area contributed by atoms with Crippen LogP contribution in [0.25, 0.3) is 0 Å². The van der Waals surface area contributed by atoms with E-state index in [0.717, 1.165) is 6.42 Å². The van der Waals surface area contributed by atoms with E-state index >= 15 is 0 Å². The maximum absolute atomic E-state index is 13.5. The van der Waals surface area contributed by atoms with Crippen LogP contribution in [0, 0.1) is 35.5 Å². The van der Waals surface area contributed by atoms with Gasteiger partial charge in [0.2, 0.25) is 11.8 Å². The molecule has 2 saturated carbocycles. The molecule has 5 aliphatic rings. The van der Waals surface area contributed by atoms with Crippen LogP contribution in [0.5, 0.6) is 0 Å². The van der Waals surface area contributed by atoms with Crippen molar-refractivity contribution in [2.45, 2.75) is 13.3 Å². The van der Waals surface area contributed by atoms with Crippen LogP contribution in [0.1, 0.15) is 34.1 Å². The average Bonchev–Trinajstić information content (AvgIpc) is 3.62. The number of rotatable bonds is 5. The number of amides is 3. The highest BCUT2D eigenvalue weighted by Gasteiger charge is 2.67. The number of allylic oxidation sites excluding steroid dienone is 2. The fraction of sp³-hybridized carbons (Fsp3) is 0.333. The third kappa shape index (κ3) is 3.00. The Balaban J connectivity index is 1.36. The molecule has 7 rings (SSSR count). The number of likely N-dealkylation sites (tertiary alicyclic amines) is 1. The molecule has 1 heterocycles. The quantitative estimate of drug-likeness (QED) is 0.405. The number of hydrogen-bond donors (Lipinski definition) is 0. The zero-order chi connectivity index (χ0) is 22.9. The van der Waals surface area contributed by atoms with E-state index in [0.29, 0.717) is 28.7 Å². The zero-order valence-electron chi connectivity index (χ0n) is 18.3. The molecule has 2 aromatic carbocycles. The first kappa shape index (κ1) is 20.1. The van der Waals surface area contributed by atoms with Crippen LogP contribution < -0.4 is 4.90 Å². The number of benzene rings is 2. The maximum Gasteiger partial charge on any atom is 0.259 e. The molecule has 166 valence electrons. The largest absolute Gasteiger partial charge is 0.295 e. The van der Waals surface area contributed by atoms with E-state index < -0.39 is 0 Å². The molecule has 4 aliphatic carbocycles. The lowest BCUT2D eigenvalue weighted by atomic mass is 9.63. The van der Waals surface area contributed by atoms with Gasteiger partial charge in [0, 0.05) is 16.8 Å². The highest BCUT2D eigenvalue weighted by atomic mass is 16.2. The molecular formula is C27H24N2O4. The Bertz CT molecular complexity index is 1180. The molecule has 2 bridgehead atoms. The monoisotopic (exact) mass is 440 g/mol. The van der Waals surface area contributed by atoms with Crippen molar-refractivity contribution in [3.05, 3.63) is 77.9 Å². The van der Waals surface area contributed by atoms with Crippen molar-refractivity contribution >= 4 is 29.2 Å². The first-order valence-corrected chi connectivity index (χ1v) is 11.5. The fourth-order valence-electron chi connectivity index (χ4n) is 6.19. The van der Waals surface area contributed by atoms with Gasteiger partial charge in [0.1, 0.15) is 6.67 Å². The Morgan fingerprint density at radius 3 is 2.09 bits per heavy atom. The van der Waals surface area contributed by atoms with Crippen molar-refractivity contribution in [2.75, 3.05) is 11.6 Å². The molecule has 6 nitrogen and oxygen atoms in total. The smallest absolute Gasteiger partial charge is 0.259 e. The second-order valence-electron chi connectivity index (χ2n) is 9.61. The molecule has 0 unspecified atom stereocenters. The molecule has 1 aliphatic heterocycles. The van der Waals surface area contributed by atoms with Crippen molar-refractivity contribution < 1.29 is 19.2 Å². The topological polar surface area (TPSA) is 74.8 Å². The van der Waals surface area contributed by atoms with E-state index in [2.05, 4.69) is 12.2 Å². The lowest BCUT2D eigenvalue weighted by Crippen LogP contribution is -2.45. The molecule has 6 atom stereocenters. The number of nitrogens with zero attached hydrogens (tertiary/aromatic N) is 2. The van der Waals surface area contributed by atoms with Crippen LogP contribution in [0.2, 0.25) is 0 Å². The Morgan fingerprint density at radius 2 is 1.48 bits per heavy atom. The van der Waals surface area contributed by atoms with Crippen LogP contribution in [-0.4, -0.2) is 35.1 Å². The molecule has 0 spiro atoms. The van der Waals surface area contributed by atoms with E-state index in [9.17, 15) is 19.2 Å². The average molecular weight is 440 g/mol. The predicted octanol–water partition coefficient (Wildman–Crippen LogP) is 3.55. The van der Waals surface area contributed by atoms with Crippen molar-refractivity contribution in [3.8, 4) is 0 Å². The van der Waals surface area contributed by atoms with Crippen LogP contribution in [0.3, 0.4) is 0 Å². The summed E-state index contributed by atoms with van der Waals surface area (Å²) in [5.74, 6) is -0.120. The molecule has 3 amide bonds. The molecular weight excluding hydrogens is 416 g/mol. The summed E-state index contributed by atoms with van der Waals surface area (Å²) in [4.78, 5) is 55.2. The third-order valence-electron chi connectivity index (χ3n) is 7.87. The van der Waals surface area contributed by atoms with Crippen molar-refractivity contribution in [2.24, 2.45) is 35.5 Å². The molecule has 0 aromatic heterocycles. The van der Waals surface area contributed by atoms with Gasteiger partial charge in [-0.15, -0.1) is 0 Å². The van der Waals surface area contributed by atoms with Crippen LogP contribution >= 0.6 is 0 Å². The summed E-state index contributed by atoms with van der Waals surface area (Å²) in [6, 6.07) is 15.5. The van der Waals surface area contributed by atoms with Gasteiger partial charge in [-0.05, 0) is 61.3 Å². The summed E-state index contributed by atoms with van der Waals surface area (Å²) in [5, 5.41) is 0. The number of hydrogen-bond acceptors (Lipinski definition) is 4. The van der Waals surface area contributed by atoms with E-state index in [1.807, 2.05) is 6.07 Å². The molecule has 2 aromatic rings. The van der Waals surface area contributed by atoms with Gasteiger partial charge in [0.15, 0.2) is 5.78 Å².